The zero-order valence-electron chi connectivity index (χ0n) is 10.3. The van der Waals surface area contributed by atoms with Gasteiger partial charge in [0.15, 0.2) is 0 Å². The highest BCUT2D eigenvalue weighted by molar-refractivity contribution is 7.11. The fourth-order valence-electron chi connectivity index (χ4n) is 2.03. The molecule has 90 valence electrons. The molecule has 17 heavy (non-hydrogen) atoms. The molecule has 0 aliphatic rings. The zero-order valence-corrected chi connectivity index (χ0v) is 11.1. The van der Waals surface area contributed by atoms with Crippen LogP contribution >= 0.6 is 11.3 Å². The summed E-state index contributed by atoms with van der Waals surface area (Å²) >= 11 is 1.70. The van der Waals surface area contributed by atoms with E-state index in [4.69, 9.17) is 5.84 Å². The van der Waals surface area contributed by atoms with Gasteiger partial charge in [-0.2, -0.15) is 0 Å². The van der Waals surface area contributed by atoms with E-state index in [1.54, 1.807) is 11.3 Å². The van der Waals surface area contributed by atoms with Crippen LogP contribution in [0.4, 0.5) is 0 Å². The van der Waals surface area contributed by atoms with E-state index in [1.165, 1.54) is 16.0 Å². The standard InChI is InChI=1S/C13H17N3S/c1-8-6-4-5-7-11(8)12(16-14)13-9(2)15-10(3)17-13/h4-7,12,16H,14H2,1-3H3. The number of rotatable bonds is 3. The van der Waals surface area contributed by atoms with E-state index >= 15 is 0 Å². The Hall–Kier alpha value is -1.23. The SMILES string of the molecule is Cc1nc(C)c(C(NN)c2ccccc2C)s1. The van der Waals surface area contributed by atoms with Gasteiger partial charge in [0.1, 0.15) is 0 Å². The lowest BCUT2D eigenvalue weighted by atomic mass is 10.00. The second-order valence-corrected chi connectivity index (χ2v) is 5.37. The Balaban J connectivity index is 2.47. The highest BCUT2D eigenvalue weighted by atomic mass is 32.1. The van der Waals surface area contributed by atoms with Crippen molar-refractivity contribution < 1.29 is 0 Å². The number of aromatic nitrogens is 1. The van der Waals surface area contributed by atoms with Crippen molar-refractivity contribution in [1.82, 2.24) is 10.4 Å². The first-order valence-corrected chi connectivity index (χ1v) is 6.40. The zero-order chi connectivity index (χ0) is 12.4. The van der Waals surface area contributed by atoms with Crippen molar-refractivity contribution in [3.05, 3.63) is 51.0 Å². The Bertz CT molecular complexity index is 519. The number of nitrogens with two attached hydrogens (primary N) is 1. The summed E-state index contributed by atoms with van der Waals surface area (Å²) in [5.41, 5.74) is 6.40. The number of benzene rings is 1. The van der Waals surface area contributed by atoms with Crippen LogP contribution in [0.2, 0.25) is 0 Å². The largest absolute Gasteiger partial charge is 0.271 e. The van der Waals surface area contributed by atoms with Crippen LogP contribution in [0.25, 0.3) is 0 Å². The van der Waals surface area contributed by atoms with Crippen molar-refractivity contribution in [3.8, 4) is 0 Å². The summed E-state index contributed by atoms with van der Waals surface area (Å²) in [6, 6.07) is 8.31. The van der Waals surface area contributed by atoms with E-state index in [9.17, 15) is 0 Å². The van der Waals surface area contributed by atoms with E-state index in [2.05, 4.69) is 29.5 Å². The van der Waals surface area contributed by atoms with Gasteiger partial charge in [0.2, 0.25) is 0 Å². The summed E-state index contributed by atoms with van der Waals surface area (Å²) in [7, 11) is 0. The molecular weight excluding hydrogens is 230 g/mol. The predicted molar refractivity (Wildman–Crippen MR) is 71.9 cm³/mol. The topological polar surface area (TPSA) is 50.9 Å². The lowest BCUT2D eigenvalue weighted by Crippen LogP contribution is -2.29. The minimum absolute atomic E-state index is 0.0300. The highest BCUT2D eigenvalue weighted by Crippen LogP contribution is 2.30. The number of nitrogens with one attached hydrogen (secondary N) is 1. The monoisotopic (exact) mass is 247 g/mol. The molecule has 0 aliphatic carbocycles. The molecule has 0 radical (unpaired) electrons. The summed E-state index contributed by atoms with van der Waals surface area (Å²) in [6.45, 7) is 6.15. The number of thiazole rings is 1. The quantitative estimate of drug-likeness (QED) is 0.647. The van der Waals surface area contributed by atoms with Crippen LogP contribution in [0, 0.1) is 20.8 Å². The van der Waals surface area contributed by atoms with E-state index in [1.807, 2.05) is 26.0 Å². The molecule has 0 fully saturated rings. The molecule has 2 aromatic rings. The molecule has 0 amide bonds. The van der Waals surface area contributed by atoms with Crippen molar-refractivity contribution in [2.75, 3.05) is 0 Å². The number of aryl methyl sites for hydroxylation is 3. The fourth-order valence-corrected chi connectivity index (χ4v) is 3.04. The van der Waals surface area contributed by atoms with Crippen molar-refractivity contribution in [2.24, 2.45) is 5.84 Å². The van der Waals surface area contributed by atoms with E-state index in [0.29, 0.717) is 0 Å². The van der Waals surface area contributed by atoms with Gasteiger partial charge in [0.25, 0.3) is 0 Å². The van der Waals surface area contributed by atoms with Gasteiger partial charge in [-0.15, -0.1) is 11.3 Å². The van der Waals surface area contributed by atoms with Gasteiger partial charge in [-0.25, -0.2) is 10.4 Å². The number of nitrogens with zero attached hydrogens (tertiary/aromatic N) is 1. The summed E-state index contributed by atoms with van der Waals surface area (Å²) in [4.78, 5) is 5.65. The van der Waals surface area contributed by atoms with Crippen molar-refractivity contribution in [2.45, 2.75) is 26.8 Å². The smallest absolute Gasteiger partial charge is 0.0900 e. The second kappa shape index (κ2) is 4.96. The average molecular weight is 247 g/mol. The van der Waals surface area contributed by atoms with Crippen molar-refractivity contribution >= 4 is 11.3 Å². The van der Waals surface area contributed by atoms with Crippen LogP contribution in [0.1, 0.15) is 32.7 Å². The third kappa shape index (κ3) is 2.39. The van der Waals surface area contributed by atoms with Gasteiger partial charge in [-0.1, -0.05) is 24.3 Å². The number of hydrogen-bond donors (Lipinski definition) is 2. The number of hydrogen-bond acceptors (Lipinski definition) is 4. The van der Waals surface area contributed by atoms with Crippen LogP contribution in [-0.2, 0) is 0 Å². The minimum atomic E-state index is 0.0300. The molecule has 3 nitrogen and oxygen atoms in total. The molecule has 3 N–H and O–H groups in total. The Morgan fingerprint density at radius 2 is 1.94 bits per heavy atom. The Morgan fingerprint density at radius 3 is 2.47 bits per heavy atom. The Morgan fingerprint density at radius 1 is 1.24 bits per heavy atom. The first-order valence-electron chi connectivity index (χ1n) is 5.59. The Kier molecular flexibility index (Phi) is 3.57. The van der Waals surface area contributed by atoms with Crippen LogP contribution < -0.4 is 11.3 Å². The molecular formula is C13H17N3S. The van der Waals surface area contributed by atoms with Gasteiger partial charge in [-0.05, 0) is 31.9 Å². The fraction of sp³-hybridized carbons (Fsp3) is 0.308. The molecule has 1 heterocycles. The summed E-state index contributed by atoms with van der Waals surface area (Å²) in [5, 5.41) is 1.08. The van der Waals surface area contributed by atoms with Crippen LogP contribution in [0.15, 0.2) is 24.3 Å². The van der Waals surface area contributed by atoms with Gasteiger partial charge in [0.05, 0.1) is 21.6 Å². The van der Waals surface area contributed by atoms with Crippen LogP contribution in [0.3, 0.4) is 0 Å². The van der Waals surface area contributed by atoms with Gasteiger partial charge in [0, 0.05) is 0 Å². The first kappa shape index (κ1) is 12.2. The van der Waals surface area contributed by atoms with Crippen molar-refractivity contribution in [3.63, 3.8) is 0 Å². The predicted octanol–water partition coefficient (Wildman–Crippen LogP) is 2.62. The summed E-state index contributed by atoms with van der Waals surface area (Å²) < 4.78 is 0. The molecule has 0 aliphatic heterocycles. The molecule has 1 aromatic heterocycles. The first-order chi connectivity index (χ1) is 8.13. The van der Waals surface area contributed by atoms with Gasteiger partial charge >= 0.3 is 0 Å². The Labute approximate surface area is 106 Å². The maximum Gasteiger partial charge on any atom is 0.0900 e. The van der Waals surface area contributed by atoms with Gasteiger partial charge < -0.3 is 0 Å². The molecule has 0 spiro atoms. The maximum absolute atomic E-state index is 5.71. The molecule has 1 unspecified atom stereocenters. The van der Waals surface area contributed by atoms with E-state index in [-0.39, 0.29) is 6.04 Å². The van der Waals surface area contributed by atoms with Crippen molar-refractivity contribution in [1.29, 1.82) is 0 Å². The van der Waals surface area contributed by atoms with E-state index in [0.717, 1.165) is 10.7 Å². The lowest BCUT2D eigenvalue weighted by molar-refractivity contribution is 0.639. The van der Waals surface area contributed by atoms with Gasteiger partial charge in [-0.3, -0.25) is 5.84 Å². The second-order valence-electron chi connectivity index (χ2n) is 4.14. The summed E-state index contributed by atoms with van der Waals surface area (Å²) in [5.74, 6) is 5.71. The average Bonchev–Trinajstić information content (AvgIpc) is 2.62. The molecule has 2 rings (SSSR count). The maximum atomic E-state index is 5.71. The highest BCUT2D eigenvalue weighted by Gasteiger charge is 2.19. The molecule has 0 bridgehead atoms. The molecule has 0 saturated carbocycles. The number of hydrazine groups is 1. The molecule has 1 aromatic carbocycles. The normalized spacial score (nSPS) is 12.7. The third-order valence-electron chi connectivity index (χ3n) is 2.87. The third-order valence-corrected chi connectivity index (χ3v) is 4.01. The molecule has 4 heteroatoms. The van der Waals surface area contributed by atoms with E-state index < -0.39 is 0 Å². The lowest BCUT2D eigenvalue weighted by Gasteiger charge is -2.17. The summed E-state index contributed by atoms with van der Waals surface area (Å²) in [6.07, 6.45) is 0. The molecule has 0 saturated heterocycles. The van der Waals surface area contributed by atoms with Crippen LogP contribution in [-0.4, -0.2) is 4.98 Å². The minimum Gasteiger partial charge on any atom is -0.271 e. The van der Waals surface area contributed by atoms with Crippen LogP contribution in [0.5, 0.6) is 0 Å². The molecule has 1 atom stereocenters.